The average Bonchev–Trinajstić information content (AvgIpc) is 3.05. The molecule has 0 aromatic heterocycles. The number of nitrogens with one attached hydrogen (secondary N) is 2. The van der Waals surface area contributed by atoms with Crippen LogP contribution >= 0.6 is 0 Å². The molecule has 0 saturated heterocycles. The van der Waals surface area contributed by atoms with Crippen LogP contribution in [0, 0.1) is 0 Å². The summed E-state index contributed by atoms with van der Waals surface area (Å²) in [7, 11) is -2.14. The molecule has 0 radical (unpaired) electrons. The van der Waals surface area contributed by atoms with Crippen LogP contribution < -0.4 is 29.9 Å². The Morgan fingerprint density at radius 3 is 1.70 bits per heavy atom. The molecular weight excluding hydrogens is 600 g/mol. The van der Waals surface area contributed by atoms with Crippen molar-refractivity contribution in [3.63, 3.8) is 0 Å². The Morgan fingerprint density at radius 2 is 1.24 bits per heavy atom. The molecule has 4 aromatic carbocycles. The summed E-state index contributed by atoms with van der Waals surface area (Å²) in [4.78, 5) is 39.2. The molecule has 0 unspecified atom stereocenters. The number of esters is 1. The van der Waals surface area contributed by atoms with Crippen LogP contribution in [0.4, 0.5) is 4.79 Å². The highest BCUT2D eigenvalue weighted by atomic mass is 28.4. The number of hydrogen-bond donors (Lipinski definition) is 2. The fraction of sp³-hybridized carbons (Fsp3) is 0.250. The van der Waals surface area contributed by atoms with Gasteiger partial charge in [-0.25, -0.2) is 9.59 Å². The lowest BCUT2D eigenvalue weighted by molar-refractivity contribution is -0.145. The van der Waals surface area contributed by atoms with Crippen molar-refractivity contribution >= 4 is 36.9 Å². The van der Waals surface area contributed by atoms with Gasteiger partial charge in [0.2, 0.25) is 5.91 Å². The Kier molecular flexibility index (Phi) is 9.77. The van der Waals surface area contributed by atoms with Gasteiger partial charge >= 0.3 is 20.6 Å². The summed E-state index contributed by atoms with van der Waals surface area (Å²) >= 11 is 0. The van der Waals surface area contributed by atoms with Crippen LogP contribution in [0.1, 0.15) is 31.9 Å². The monoisotopic (exact) mass is 638 g/mol. The minimum atomic E-state index is -3.41. The first kappa shape index (κ1) is 32.3. The summed E-state index contributed by atoms with van der Waals surface area (Å²) in [6.45, 7) is 5.22. The highest BCUT2D eigenvalue weighted by molar-refractivity contribution is 6.93. The van der Waals surface area contributed by atoms with Crippen LogP contribution in [-0.4, -0.2) is 51.3 Å². The van der Waals surface area contributed by atoms with Crippen LogP contribution in [0.5, 0.6) is 11.5 Å². The number of alkyl carbamates (subject to hydrolysis) is 1. The third-order valence-corrected chi connectivity index (χ3v) is 10.6. The Balaban J connectivity index is 1.61. The van der Waals surface area contributed by atoms with Gasteiger partial charge in [0.15, 0.2) is 0 Å². The first-order valence-electron chi connectivity index (χ1n) is 15.1. The third-order valence-electron chi connectivity index (χ3n) is 7.37. The minimum absolute atomic E-state index is 0.129. The molecule has 0 saturated carbocycles. The van der Waals surface area contributed by atoms with E-state index in [4.69, 9.17) is 18.3 Å². The van der Waals surface area contributed by atoms with Gasteiger partial charge in [0.25, 0.3) is 0 Å². The molecule has 9 nitrogen and oxygen atoms in total. The predicted octanol–water partition coefficient (Wildman–Crippen LogP) is 4.05. The maximum absolute atomic E-state index is 13.6. The lowest BCUT2D eigenvalue weighted by atomic mass is 10.0. The summed E-state index contributed by atoms with van der Waals surface area (Å²) in [6.07, 6.45) is -0.464. The van der Waals surface area contributed by atoms with Gasteiger partial charge in [-0.3, -0.25) is 4.79 Å². The molecule has 2 atom stereocenters. The van der Waals surface area contributed by atoms with Gasteiger partial charge in [0.1, 0.15) is 29.2 Å². The second kappa shape index (κ2) is 13.9. The van der Waals surface area contributed by atoms with Gasteiger partial charge < -0.3 is 29.0 Å². The van der Waals surface area contributed by atoms with Crippen LogP contribution in [0.3, 0.4) is 0 Å². The van der Waals surface area contributed by atoms with Crippen LogP contribution in [0.25, 0.3) is 0 Å². The van der Waals surface area contributed by atoms with E-state index in [2.05, 4.69) is 10.6 Å². The lowest BCUT2D eigenvalue weighted by Gasteiger charge is -2.32. The molecule has 10 heteroatoms. The first-order chi connectivity index (χ1) is 22.0. The van der Waals surface area contributed by atoms with E-state index in [0.717, 1.165) is 21.5 Å². The Bertz CT molecular complexity index is 1600. The molecular formula is C36H38N2O7Si. The van der Waals surface area contributed by atoms with Crippen LogP contribution in [0.2, 0.25) is 0 Å². The van der Waals surface area contributed by atoms with Crippen molar-refractivity contribution in [1.82, 2.24) is 10.6 Å². The second-order valence-corrected chi connectivity index (χ2v) is 14.8. The molecule has 8 rings (SSSR count). The van der Waals surface area contributed by atoms with E-state index in [9.17, 15) is 14.4 Å². The Hall–Kier alpha value is -5.09. The summed E-state index contributed by atoms with van der Waals surface area (Å²) in [5, 5.41) is 7.29. The number of benzene rings is 4. The van der Waals surface area contributed by atoms with Crippen molar-refractivity contribution in [2.75, 3.05) is 7.11 Å². The molecule has 2 amide bonds. The predicted molar refractivity (Wildman–Crippen MR) is 177 cm³/mol. The lowest BCUT2D eigenvalue weighted by Crippen LogP contribution is -2.68. The van der Waals surface area contributed by atoms with Crippen molar-refractivity contribution in [1.29, 1.82) is 0 Å². The normalized spacial score (nSPS) is 17.9. The topological polar surface area (TPSA) is 112 Å². The summed E-state index contributed by atoms with van der Waals surface area (Å²) in [6, 6.07) is 32.4. The molecule has 238 valence electrons. The second-order valence-electron chi connectivity index (χ2n) is 12.0. The van der Waals surface area contributed by atoms with Crippen LogP contribution in [-0.2, 0) is 31.9 Å². The zero-order valence-corrected chi connectivity index (χ0v) is 27.3. The van der Waals surface area contributed by atoms with E-state index in [1.807, 2.05) is 109 Å². The smallest absolute Gasteiger partial charge is 0.506 e. The summed E-state index contributed by atoms with van der Waals surface area (Å²) in [5.41, 5.74) is 0.749. The molecule has 4 bridgehead atoms. The molecule has 4 aliphatic heterocycles. The van der Waals surface area contributed by atoms with Crippen molar-refractivity contribution in [2.45, 2.75) is 51.3 Å². The number of carbonyl (C=O) groups excluding carboxylic acids is 3. The van der Waals surface area contributed by atoms with E-state index in [0.29, 0.717) is 11.5 Å². The van der Waals surface area contributed by atoms with Crippen molar-refractivity contribution in [3.8, 4) is 11.5 Å². The van der Waals surface area contributed by atoms with Gasteiger partial charge in [-0.2, -0.15) is 0 Å². The molecule has 0 spiro atoms. The number of methoxy groups -OCH3 is 1. The van der Waals surface area contributed by atoms with E-state index in [-0.39, 0.29) is 12.8 Å². The average molecular weight is 639 g/mol. The van der Waals surface area contributed by atoms with Crippen molar-refractivity contribution in [2.24, 2.45) is 0 Å². The first-order valence-corrected chi connectivity index (χ1v) is 16.9. The largest absolute Gasteiger partial charge is 0.531 e. The number of ether oxygens (including phenoxy) is 2. The Labute approximate surface area is 270 Å². The molecule has 0 aliphatic carbocycles. The zero-order chi connectivity index (χ0) is 32.7. The molecule has 0 fully saturated rings. The van der Waals surface area contributed by atoms with E-state index in [1.54, 1.807) is 20.8 Å². The standard InChI is InChI=1S/C36H38N2O7Si/c1-36(2,3)43-35(41)38-31-23-25-15-19-27(20-16-25)44-46(29-11-7-5-8-12-29,30-13-9-6-10-14-30)45-28-21-17-26(18-22-28)24-32(34(40)42-4)37-33(31)39/h5-22,31-32H,23-24H2,1-4H3,(H,37,39)(H,38,41)/t31-,32-/m0/s1. The number of hydrogen-bond acceptors (Lipinski definition) is 7. The quantitative estimate of drug-likeness (QED) is 0.256. The van der Waals surface area contributed by atoms with Gasteiger partial charge in [0, 0.05) is 23.2 Å². The zero-order valence-electron chi connectivity index (χ0n) is 26.3. The third kappa shape index (κ3) is 7.94. The maximum Gasteiger partial charge on any atom is 0.531 e. The molecule has 46 heavy (non-hydrogen) atoms. The van der Waals surface area contributed by atoms with Gasteiger partial charge in [-0.05, 0) is 56.2 Å². The SMILES string of the molecule is COC(=O)[C@@H]1Cc2ccc(cc2)O[Si](c2ccccc2)(c2ccccc2)Oc2ccc(cc2)C[C@H](NC(=O)OC(C)(C)C)C(=O)N1. The van der Waals surface area contributed by atoms with Gasteiger partial charge in [-0.15, -0.1) is 0 Å². The fourth-order valence-corrected chi connectivity index (χ4v) is 8.24. The summed E-state index contributed by atoms with van der Waals surface area (Å²) < 4.78 is 24.3. The molecule has 4 aromatic rings. The van der Waals surface area contributed by atoms with E-state index >= 15 is 0 Å². The van der Waals surface area contributed by atoms with Crippen molar-refractivity contribution in [3.05, 3.63) is 120 Å². The highest BCUT2D eigenvalue weighted by Gasteiger charge is 2.47. The number of amides is 2. The summed E-state index contributed by atoms with van der Waals surface area (Å²) in [5.74, 6) is 0.00522. The number of carbonyl (C=O) groups is 3. The fourth-order valence-electron chi connectivity index (χ4n) is 5.20. The molecule has 4 aliphatic rings. The van der Waals surface area contributed by atoms with Crippen LogP contribution in [0.15, 0.2) is 109 Å². The minimum Gasteiger partial charge on any atom is -0.506 e. The maximum atomic E-state index is 13.6. The van der Waals surface area contributed by atoms with Crippen molar-refractivity contribution < 1.29 is 32.7 Å². The number of rotatable bonds is 4. The van der Waals surface area contributed by atoms with E-state index < -0.39 is 44.2 Å². The van der Waals surface area contributed by atoms with E-state index in [1.165, 1.54) is 7.11 Å². The molecule has 2 N–H and O–H groups in total. The Morgan fingerprint density at radius 1 is 0.761 bits per heavy atom. The molecule has 4 heterocycles. The highest BCUT2D eigenvalue weighted by Crippen LogP contribution is 2.24. The van der Waals surface area contributed by atoms with Gasteiger partial charge in [0.05, 0.1) is 7.11 Å². The van der Waals surface area contributed by atoms with Gasteiger partial charge in [-0.1, -0.05) is 84.9 Å².